The minimum atomic E-state index is -0.522. The molecular weight excluding hydrogens is 357 g/mol. The van der Waals surface area contributed by atoms with E-state index < -0.39 is 11.7 Å². The Morgan fingerprint density at radius 2 is 2.14 bits per heavy atom. The van der Waals surface area contributed by atoms with Crippen molar-refractivity contribution in [3.05, 3.63) is 66.0 Å². The first-order chi connectivity index (χ1) is 13.6. The topological polar surface area (TPSA) is 65.4 Å². The third-order valence-electron chi connectivity index (χ3n) is 5.50. The average molecular weight is 377 g/mol. The fourth-order valence-electron chi connectivity index (χ4n) is 4.00. The van der Waals surface area contributed by atoms with Crippen molar-refractivity contribution in [2.75, 3.05) is 18.9 Å². The molecule has 28 heavy (non-hydrogen) atoms. The predicted molar refractivity (Wildman–Crippen MR) is 106 cm³/mol. The Balaban J connectivity index is 1.42. The lowest BCUT2D eigenvalue weighted by atomic mass is 10.1. The van der Waals surface area contributed by atoms with Crippen LogP contribution >= 0.6 is 0 Å². The van der Waals surface area contributed by atoms with Gasteiger partial charge in [-0.05, 0) is 56.8 Å². The lowest BCUT2D eigenvalue weighted by Crippen LogP contribution is -2.17. The Morgan fingerprint density at radius 3 is 2.96 bits per heavy atom. The van der Waals surface area contributed by atoms with E-state index in [9.17, 15) is 9.18 Å². The largest absolute Gasteiger partial charge is 0.361 e. The third kappa shape index (κ3) is 2.75. The van der Waals surface area contributed by atoms with Crippen LogP contribution in [0, 0.1) is 5.82 Å². The SMILES string of the molecule is CN1CCCC1c1cn2cc(NC(=O)c3ccc4[nH]ccc4c3F)ccc2n1. The van der Waals surface area contributed by atoms with Gasteiger partial charge in [-0.2, -0.15) is 0 Å². The van der Waals surface area contributed by atoms with Crippen LogP contribution in [0.15, 0.2) is 48.9 Å². The Hall–Kier alpha value is -3.19. The van der Waals surface area contributed by atoms with Crippen LogP contribution in [0.5, 0.6) is 0 Å². The number of imidazole rings is 1. The van der Waals surface area contributed by atoms with E-state index in [1.54, 1.807) is 24.4 Å². The van der Waals surface area contributed by atoms with Gasteiger partial charge in [0.25, 0.3) is 5.91 Å². The summed E-state index contributed by atoms with van der Waals surface area (Å²) in [6.07, 6.45) is 7.75. The monoisotopic (exact) mass is 377 g/mol. The number of anilines is 1. The summed E-state index contributed by atoms with van der Waals surface area (Å²) >= 11 is 0. The maximum Gasteiger partial charge on any atom is 0.258 e. The van der Waals surface area contributed by atoms with E-state index in [1.165, 1.54) is 12.5 Å². The number of benzene rings is 1. The molecule has 1 aliphatic rings. The van der Waals surface area contributed by atoms with Gasteiger partial charge < -0.3 is 14.7 Å². The molecule has 4 heterocycles. The number of hydrogen-bond acceptors (Lipinski definition) is 3. The average Bonchev–Trinajstić information content (AvgIpc) is 3.40. The Bertz CT molecular complexity index is 1190. The quantitative estimate of drug-likeness (QED) is 0.568. The second kappa shape index (κ2) is 6.45. The number of hydrogen-bond donors (Lipinski definition) is 2. The number of nitrogens with zero attached hydrogens (tertiary/aromatic N) is 3. The van der Waals surface area contributed by atoms with Crippen LogP contribution in [-0.4, -0.2) is 38.8 Å². The summed E-state index contributed by atoms with van der Waals surface area (Å²) in [7, 11) is 2.11. The fraction of sp³-hybridized carbons (Fsp3) is 0.238. The number of aromatic amines is 1. The van der Waals surface area contributed by atoms with E-state index in [2.05, 4.69) is 22.2 Å². The summed E-state index contributed by atoms with van der Waals surface area (Å²) in [4.78, 5) is 22.6. The normalized spacial score (nSPS) is 17.6. The Labute approximate surface area is 161 Å². The van der Waals surface area contributed by atoms with Crippen LogP contribution < -0.4 is 5.32 Å². The Morgan fingerprint density at radius 1 is 1.25 bits per heavy atom. The summed E-state index contributed by atoms with van der Waals surface area (Å²) in [5.41, 5.74) is 3.14. The lowest BCUT2D eigenvalue weighted by molar-refractivity contribution is 0.102. The van der Waals surface area contributed by atoms with Crippen LogP contribution in [0.2, 0.25) is 0 Å². The molecule has 0 bridgehead atoms. The number of amides is 1. The summed E-state index contributed by atoms with van der Waals surface area (Å²) < 4.78 is 16.5. The van der Waals surface area contributed by atoms with Gasteiger partial charge in [-0.1, -0.05) is 0 Å². The minimum Gasteiger partial charge on any atom is -0.361 e. The molecule has 1 fully saturated rings. The van der Waals surface area contributed by atoms with Gasteiger partial charge in [0.1, 0.15) is 11.5 Å². The van der Waals surface area contributed by atoms with E-state index in [4.69, 9.17) is 4.98 Å². The van der Waals surface area contributed by atoms with Crippen LogP contribution in [0.1, 0.15) is 34.9 Å². The van der Waals surface area contributed by atoms with Crippen molar-refractivity contribution in [1.29, 1.82) is 0 Å². The molecule has 3 aromatic heterocycles. The molecule has 1 atom stereocenters. The number of H-pyrrole nitrogens is 1. The van der Waals surface area contributed by atoms with E-state index in [1.807, 2.05) is 22.9 Å². The summed E-state index contributed by atoms with van der Waals surface area (Å²) in [6.45, 7) is 1.08. The first kappa shape index (κ1) is 16.9. The van der Waals surface area contributed by atoms with Crippen molar-refractivity contribution in [2.45, 2.75) is 18.9 Å². The van der Waals surface area contributed by atoms with Crippen LogP contribution in [0.4, 0.5) is 10.1 Å². The number of carbonyl (C=O) groups is 1. The molecular formula is C21H20FN5O. The number of aromatic nitrogens is 3. The molecule has 7 heteroatoms. The second-order valence-electron chi connectivity index (χ2n) is 7.31. The predicted octanol–water partition coefficient (Wildman–Crippen LogP) is 3.97. The highest BCUT2D eigenvalue weighted by atomic mass is 19.1. The van der Waals surface area contributed by atoms with Crippen LogP contribution in [0.3, 0.4) is 0 Å². The van der Waals surface area contributed by atoms with Crippen molar-refractivity contribution in [2.24, 2.45) is 0 Å². The lowest BCUT2D eigenvalue weighted by Gasteiger charge is -2.16. The Kier molecular flexibility index (Phi) is 3.91. The molecule has 0 spiro atoms. The van der Waals surface area contributed by atoms with E-state index in [0.717, 1.165) is 24.3 Å². The van der Waals surface area contributed by atoms with Crippen molar-refractivity contribution >= 4 is 28.1 Å². The van der Waals surface area contributed by atoms with Gasteiger partial charge in [0.05, 0.1) is 23.0 Å². The molecule has 0 aliphatic carbocycles. The van der Waals surface area contributed by atoms with Crippen LogP contribution in [-0.2, 0) is 0 Å². The first-order valence-corrected chi connectivity index (χ1v) is 9.36. The van der Waals surface area contributed by atoms with Crippen LogP contribution in [0.25, 0.3) is 16.6 Å². The molecule has 1 aliphatic heterocycles. The highest BCUT2D eigenvalue weighted by Crippen LogP contribution is 2.30. The molecule has 6 nitrogen and oxygen atoms in total. The maximum atomic E-state index is 14.6. The van der Waals surface area contributed by atoms with Crippen molar-refractivity contribution in [3.8, 4) is 0 Å². The van der Waals surface area contributed by atoms with Crippen molar-refractivity contribution < 1.29 is 9.18 Å². The number of carbonyl (C=O) groups excluding carboxylic acids is 1. The molecule has 0 saturated carbocycles. The zero-order valence-corrected chi connectivity index (χ0v) is 15.4. The smallest absolute Gasteiger partial charge is 0.258 e. The third-order valence-corrected chi connectivity index (χ3v) is 5.50. The van der Waals surface area contributed by atoms with Gasteiger partial charge >= 0.3 is 0 Å². The van der Waals surface area contributed by atoms with E-state index in [0.29, 0.717) is 22.6 Å². The zero-order chi connectivity index (χ0) is 19.3. The molecule has 4 aromatic rings. The van der Waals surface area contributed by atoms with Gasteiger partial charge in [-0.25, -0.2) is 9.37 Å². The fourth-order valence-corrected chi connectivity index (χ4v) is 4.00. The highest BCUT2D eigenvalue weighted by Gasteiger charge is 2.25. The number of rotatable bonds is 3. The molecule has 1 saturated heterocycles. The van der Waals surface area contributed by atoms with Crippen molar-refractivity contribution in [3.63, 3.8) is 0 Å². The molecule has 142 valence electrons. The standard InChI is InChI=1S/C21H20FN5O/c1-26-10-2-3-18(26)17-12-27-11-13(4-7-19(27)25-17)24-21(28)15-5-6-16-14(20(15)22)8-9-23-16/h4-9,11-12,18,23H,2-3,10H2,1H3,(H,24,28). The van der Waals surface area contributed by atoms with Gasteiger partial charge in [-0.15, -0.1) is 0 Å². The number of pyridine rings is 1. The molecule has 1 unspecified atom stereocenters. The number of halogens is 1. The summed E-state index contributed by atoms with van der Waals surface area (Å²) in [5, 5.41) is 3.19. The molecule has 1 amide bonds. The number of nitrogens with one attached hydrogen (secondary N) is 2. The first-order valence-electron chi connectivity index (χ1n) is 9.36. The van der Waals surface area contributed by atoms with E-state index >= 15 is 0 Å². The number of fused-ring (bicyclic) bond motifs is 2. The summed E-state index contributed by atoms with van der Waals surface area (Å²) in [5.74, 6) is -0.998. The minimum absolute atomic E-state index is 0.0195. The maximum absolute atomic E-state index is 14.6. The van der Waals surface area contributed by atoms with Gasteiger partial charge in [-0.3, -0.25) is 9.69 Å². The zero-order valence-electron chi connectivity index (χ0n) is 15.4. The number of likely N-dealkylation sites (tertiary alicyclic amines) is 1. The highest BCUT2D eigenvalue weighted by molar-refractivity contribution is 6.06. The molecule has 1 aromatic carbocycles. The van der Waals surface area contributed by atoms with Crippen molar-refractivity contribution in [1.82, 2.24) is 19.3 Å². The van der Waals surface area contributed by atoms with Gasteiger partial charge in [0.15, 0.2) is 0 Å². The molecule has 5 rings (SSSR count). The summed E-state index contributed by atoms with van der Waals surface area (Å²) in [6, 6.07) is 8.81. The van der Waals surface area contributed by atoms with Gasteiger partial charge in [0, 0.05) is 29.5 Å². The molecule has 0 radical (unpaired) electrons. The second-order valence-corrected chi connectivity index (χ2v) is 7.31. The van der Waals surface area contributed by atoms with Gasteiger partial charge in [0.2, 0.25) is 0 Å². The van der Waals surface area contributed by atoms with E-state index in [-0.39, 0.29) is 5.56 Å². The molecule has 2 N–H and O–H groups in total.